The first-order chi connectivity index (χ1) is 70.4. The standard InChI is InChI=1S/C40H49N3O5S2.C38H47F3N2O5S.C37H45F3N2O5S/c1-27-10-15-34-29(20-27)8-7-18-40(34)24-43-22-31-11-14-33(31)36(47-3)9-5-4-6-19-50(46,23-32(44)13-17-38-28(2)41-26-49-38)42-39(45)30-12-16-37(48-25-40)35(43)21-30;1-26-11-15-32-27(20-26)8-6-17-37(32)24-43-22-29-12-14-31(29)34(47-2)10-4-3-5-19-49(46,23-30(44)9-7-18-38(39,40)41)42-36(45)28-13-16-35(48-25-37)33(43)21-28;1-25-9-13-31-26(19-25)7-6-16-36(31)23-42-21-28-10-12-30(28)33(46-2)8-4-3-5-18-48(45,22-29(43)15-17-37(38,39)40)41-35(44)27-11-14-34(47-24-36)32(42)20-27/h5,9-10,12,15-16,20-21,26,31,33,36H,4,6-8,11,13-14,17-19,22-25H2,1-3H3;4,10-11,13,15-16,20-21,29,31,34H,3,5-9,12,14,17-19,22-25H2,1-2H3;4,8-9,11,13-14,19-20,28,30,33H,3,5-7,10,12,15-18,21-24H2,1-2H3/b9-5+;10-4+;8-4+/t31-,33+,36-,40-,50+;29-,31+,34-,37-,49+;28-,30+,33-,36-,48+/m000/s1. The van der Waals surface area contributed by atoms with E-state index in [-0.39, 0.29) is 93.7 Å². The van der Waals surface area contributed by atoms with Crippen LogP contribution in [-0.2, 0) is 99.7 Å². The Balaban J connectivity index is 0.000000151. The van der Waals surface area contributed by atoms with Crippen LogP contribution in [0.25, 0.3) is 0 Å². The predicted octanol–water partition coefficient (Wildman–Crippen LogP) is 22.6. The molecule has 1 aromatic heterocycles. The van der Waals surface area contributed by atoms with Gasteiger partial charge in [-0.25, -0.2) is 17.6 Å². The molecule has 19 rings (SSSR count). The average molecular weight is 2100 g/mol. The molecular formula is C115H141F6N7O15S4. The van der Waals surface area contributed by atoms with Gasteiger partial charge in [0.05, 0.1) is 119 Å². The van der Waals surface area contributed by atoms with Gasteiger partial charge >= 0.3 is 12.4 Å². The SMILES string of the molecule is CO[C@H]1/C=C/CCC[S@@](=O)(CC(=O)CCC(F)(F)F)=NC(=O)c2ccc3c(c2)N(C[C@@H]2CC[C@H]21)C[C@@]1(CCCc2cc(C)ccc21)CO3.CO[C@H]1/C=C/CCC[S@@](=O)(CC(=O)CCCC(F)(F)F)=NC(=O)c2ccc3c(c2)N(C[C@@H]2CC[C@H]21)C[C@@]1(CCCc2cc(C)ccc21)CO3.CO[C@H]1/C=C/CCC[S@@](=O)(CC(=O)CCc2scnc2C)=NC(=O)c2ccc3c(c2)N(C[C@@H]2CC[C@H]21)C[C@@]1(CCCc2cc(C)ccc21)CO3. The zero-order valence-corrected chi connectivity index (χ0v) is 89.0. The molecule has 22 nitrogen and oxygen atoms in total. The van der Waals surface area contributed by atoms with Crippen molar-refractivity contribution >= 4 is 92.7 Å². The number of methoxy groups -OCH3 is 3. The fourth-order valence-electron chi connectivity index (χ4n) is 24.6. The topological polar surface area (TPSA) is 269 Å². The van der Waals surface area contributed by atoms with Crippen LogP contribution in [0, 0.1) is 63.2 Å². The summed E-state index contributed by atoms with van der Waals surface area (Å²) in [5, 5.41) is 0. The Morgan fingerprint density at radius 2 is 0.776 bits per heavy atom. The number of nitrogens with zero attached hydrogens (tertiary/aromatic N) is 7. The maximum Gasteiger partial charge on any atom is 0.389 e. The Bertz CT molecular complexity index is 6540. The number of fused-ring (bicyclic) bond motifs is 12. The molecule has 0 unspecified atom stereocenters. The zero-order chi connectivity index (χ0) is 104. The van der Waals surface area contributed by atoms with E-state index in [9.17, 15) is 67.7 Å². The number of carbonyl (C=O) groups excluding carboxylic acids is 6. The minimum absolute atomic E-state index is 0.00423. The number of aromatic nitrogens is 1. The second-order valence-electron chi connectivity index (χ2n) is 43.4. The van der Waals surface area contributed by atoms with Crippen molar-refractivity contribution in [3.8, 4) is 17.2 Å². The molecule has 6 aromatic carbocycles. The second-order valence-corrected chi connectivity index (χ2v) is 51.6. The number of ether oxygens (including phenoxy) is 6. The first-order valence-electron chi connectivity index (χ1n) is 52.7. The van der Waals surface area contributed by atoms with E-state index in [1.807, 2.05) is 37.3 Å². The van der Waals surface area contributed by atoms with Gasteiger partial charge in [0.2, 0.25) is 0 Å². The number of anilines is 3. The molecule has 6 aliphatic carbocycles. The lowest BCUT2D eigenvalue weighted by Gasteiger charge is -2.46. The maximum absolute atomic E-state index is 14.4. The molecule has 12 aliphatic rings. The average Bonchev–Trinajstić information content (AvgIpc) is 1.67. The number of amides is 3. The molecule has 3 spiro atoms. The Kier molecular flexibility index (Phi) is 34.4. The molecular weight excluding hydrogens is 1960 g/mol. The number of aryl methyl sites for hydroxylation is 8. The Morgan fingerprint density at radius 3 is 1.09 bits per heavy atom. The molecule has 3 amide bonds. The molecule has 6 aliphatic heterocycles. The highest BCUT2D eigenvalue weighted by Crippen LogP contribution is 2.53. The number of hydrogen-bond donors (Lipinski definition) is 0. The molecule has 3 fully saturated rings. The minimum atomic E-state index is -4.51. The fourth-order valence-corrected chi connectivity index (χ4v) is 31.3. The number of thiazole rings is 1. The van der Waals surface area contributed by atoms with Crippen LogP contribution < -0.4 is 28.9 Å². The van der Waals surface area contributed by atoms with Crippen LogP contribution >= 0.6 is 11.3 Å². The van der Waals surface area contributed by atoms with Crippen LogP contribution in [0.5, 0.6) is 17.2 Å². The van der Waals surface area contributed by atoms with Gasteiger partial charge in [-0.3, -0.25) is 28.8 Å². The number of hydrogen-bond acceptors (Lipinski definition) is 20. The van der Waals surface area contributed by atoms with Gasteiger partial charge in [-0.15, -0.1) is 11.3 Å². The second kappa shape index (κ2) is 46.6. The number of allylic oxidation sites excluding steroid dienone is 3. The number of benzene rings is 6. The van der Waals surface area contributed by atoms with Crippen molar-refractivity contribution in [2.75, 3.05) is 130 Å². The quantitative estimate of drug-likeness (QED) is 0.0605. The summed E-state index contributed by atoms with van der Waals surface area (Å²) in [5.41, 5.74) is 17.2. The molecule has 15 atom stereocenters. The number of carbonyl (C=O) groups is 6. The molecule has 792 valence electrons. The van der Waals surface area contributed by atoms with Gasteiger partial charge in [0.25, 0.3) is 17.7 Å². The van der Waals surface area contributed by atoms with Crippen molar-refractivity contribution in [1.82, 2.24) is 4.98 Å². The van der Waals surface area contributed by atoms with Gasteiger partial charge in [0.15, 0.2) is 0 Å². The minimum Gasteiger partial charge on any atom is -0.490 e. The summed E-state index contributed by atoms with van der Waals surface area (Å²) in [6, 6.07) is 36.1. The highest BCUT2D eigenvalue weighted by atomic mass is 32.2. The smallest absolute Gasteiger partial charge is 0.389 e. The van der Waals surface area contributed by atoms with Gasteiger partial charge in [-0.1, -0.05) is 108 Å². The lowest BCUT2D eigenvalue weighted by atomic mass is 9.68. The van der Waals surface area contributed by atoms with E-state index >= 15 is 0 Å². The van der Waals surface area contributed by atoms with Gasteiger partial charge < -0.3 is 43.1 Å². The summed E-state index contributed by atoms with van der Waals surface area (Å²) in [5.74, 6) is -0.632. The Hall–Kier alpha value is -9.70. The van der Waals surface area contributed by atoms with Crippen molar-refractivity contribution in [1.29, 1.82) is 0 Å². The molecule has 0 saturated heterocycles. The summed E-state index contributed by atoms with van der Waals surface area (Å²) in [7, 11) is -4.75. The third-order valence-corrected chi connectivity index (χ3v) is 40.4. The van der Waals surface area contributed by atoms with Crippen molar-refractivity contribution in [3.63, 3.8) is 0 Å². The highest BCUT2D eigenvalue weighted by Gasteiger charge is 2.50. The van der Waals surface area contributed by atoms with Crippen LogP contribution in [0.15, 0.2) is 164 Å². The van der Waals surface area contributed by atoms with E-state index < -0.39 is 102 Å². The normalized spacial score (nSPS) is 29.3. The first kappa shape index (κ1) is 109. The van der Waals surface area contributed by atoms with Crippen molar-refractivity contribution in [2.45, 2.75) is 254 Å². The Morgan fingerprint density at radius 1 is 0.435 bits per heavy atom. The van der Waals surface area contributed by atoms with E-state index in [1.165, 1.54) is 61.4 Å². The van der Waals surface area contributed by atoms with Gasteiger partial charge in [0, 0.05) is 141 Å². The maximum atomic E-state index is 14.4. The van der Waals surface area contributed by atoms with Gasteiger partial charge in [-0.2, -0.15) is 39.4 Å². The van der Waals surface area contributed by atoms with E-state index in [2.05, 4.69) is 126 Å². The number of alkyl halides is 6. The van der Waals surface area contributed by atoms with Gasteiger partial charge in [0.1, 0.15) is 34.6 Å². The van der Waals surface area contributed by atoms with Crippen molar-refractivity contribution in [3.05, 3.63) is 228 Å². The lowest BCUT2D eigenvalue weighted by Crippen LogP contribution is -2.49. The van der Waals surface area contributed by atoms with Crippen molar-refractivity contribution < 1.29 is 96.2 Å². The number of halogens is 6. The predicted molar refractivity (Wildman–Crippen MR) is 565 cm³/mol. The largest absolute Gasteiger partial charge is 0.490 e. The van der Waals surface area contributed by atoms with E-state index in [4.69, 9.17) is 28.4 Å². The molecule has 3 saturated carbocycles. The number of Topliss-reactive ketones (excluding diaryl/α,β-unsaturated/α-hetero) is 3. The fraction of sp³-hybridized carbons (Fsp3) is 0.557. The third-order valence-electron chi connectivity index (χ3n) is 32.8. The third kappa shape index (κ3) is 26.2. The van der Waals surface area contributed by atoms with Crippen LogP contribution in [0.2, 0.25) is 0 Å². The van der Waals surface area contributed by atoms with E-state index in [0.29, 0.717) is 130 Å². The molecule has 147 heavy (non-hydrogen) atoms. The summed E-state index contributed by atoms with van der Waals surface area (Å²) < 4.78 is 170. The van der Waals surface area contributed by atoms with Crippen LogP contribution in [0.3, 0.4) is 0 Å². The summed E-state index contributed by atoms with van der Waals surface area (Å²) in [4.78, 5) is 92.4. The molecule has 7 heterocycles. The molecule has 6 bridgehead atoms. The number of ketones is 3. The Labute approximate surface area is 866 Å². The molecule has 7 aromatic rings. The summed E-state index contributed by atoms with van der Waals surface area (Å²) in [6.45, 7) is 14.4. The van der Waals surface area contributed by atoms with Gasteiger partial charge in [-0.05, 0) is 299 Å². The first-order valence-corrected chi connectivity index (χ1v) is 59.2. The van der Waals surface area contributed by atoms with E-state index in [1.54, 1.807) is 69.3 Å². The van der Waals surface area contributed by atoms with E-state index in [0.717, 1.165) is 156 Å². The summed E-state index contributed by atoms with van der Waals surface area (Å²) in [6.07, 6.45) is 18.9. The van der Waals surface area contributed by atoms with Crippen LogP contribution in [0.1, 0.15) is 246 Å². The monoisotopic (exact) mass is 2100 g/mol. The lowest BCUT2D eigenvalue weighted by molar-refractivity contribution is -0.142. The summed E-state index contributed by atoms with van der Waals surface area (Å²) >= 11 is 1.52. The number of rotatable bonds is 17. The van der Waals surface area contributed by atoms with Crippen molar-refractivity contribution in [2.24, 2.45) is 48.6 Å². The molecule has 0 N–H and O–H groups in total. The van der Waals surface area contributed by atoms with Crippen LogP contribution in [-0.4, -0.2) is 198 Å². The molecule has 0 radical (unpaired) electrons. The van der Waals surface area contributed by atoms with Crippen LogP contribution in [0.4, 0.5) is 43.4 Å². The zero-order valence-electron chi connectivity index (χ0n) is 85.7. The molecule has 32 heteroatoms. The highest BCUT2D eigenvalue weighted by molar-refractivity contribution is 7.95.